The van der Waals surface area contributed by atoms with E-state index in [4.69, 9.17) is 18.7 Å². The number of ether oxygens (including phenoxy) is 3. The zero-order valence-electron chi connectivity index (χ0n) is 23.9. The summed E-state index contributed by atoms with van der Waals surface area (Å²) in [5, 5.41) is 3.89. The molecular formula is C31H30N4O7. The van der Waals surface area contributed by atoms with Gasteiger partial charge >= 0.3 is 17.8 Å². The fraction of sp³-hybridized carbons (Fsp3) is 0.258. The molecule has 216 valence electrons. The van der Waals surface area contributed by atoms with Crippen LogP contribution >= 0.6 is 0 Å². The van der Waals surface area contributed by atoms with Crippen molar-refractivity contribution in [3.63, 3.8) is 0 Å². The molecule has 5 rings (SSSR count). The van der Waals surface area contributed by atoms with E-state index in [1.807, 2.05) is 54.0 Å². The van der Waals surface area contributed by atoms with Gasteiger partial charge in [-0.25, -0.2) is 14.4 Å². The van der Waals surface area contributed by atoms with Gasteiger partial charge in [-0.2, -0.15) is 9.55 Å². The minimum atomic E-state index is -0.937. The fourth-order valence-electron chi connectivity index (χ4n) is 4.62. The maximum Gasteiger partial charge on any atom is 0.451 e. The number of esters is 1. The lowest BCUT2D eigenvalue weighted by Gasteiger charge is -2.19. The van der Waals surface area contributed by atoms with Crippen LogP contribution in [0.2, 0.25) is 0 Å². The predicted molar refractivity (Wildman–Crippen MR) is 155 cm³/mol. The third-order valence-corrected chi connectivity index (χ3v) is 6.36. The highest BCUT2D eigenvalue weighted by Gasteiger charge is 2.26. The number of carbonyl (C=O) groups excluding carboxylic acids is 2. The number of benzene rings is 3. The van der Waals surface area contributed by atoms with Gasteiger partial charge in [0.25, 0.3) is 6.01 Å². The highest BCUT2D eigenvalue weighted by atomic mass is 16.6. The van der Waals surface area contributed by atoms with Crippen LogP contribution in [0.25, 0.3) is 33.5 Å². The van der Waals surface area contributed by atoms with Gasteiger partial charge in [-0.1, -0.05) is 59.8 Å². The summed E-state index contributed by atoms with van der Waals surface area (Å²) in [6.45, 7) is 7.77. The normalized spacial score (nSPS) is 11.5. The van der Waals surface area contributed by atoms with Crippen molar-refractivity contribution in [1.82, 2.24) is 19.3 Å². The van der Waals surface area contributed by atoms with E-state index >= 15 is 0 Å². The van der Waals surface area contributed by atoms with E-state index in [0.29, 0.717) is 41.3 Å². The Morgan fingerprint density at radius 2 is 1.67 bits per heavy atom. The average Bonchev–Trinajstić information content (AvgIpc) is 3.52. The van der Waals surface area contributed by atoms with Crippen molar-refractivity contribution in [2.75, 3.05) is 13.7 Å². The van der Waals surface area contributed by atoms with E-state index in [9.17, 15) is 14.4 Å². The molecule has 42 heavy (non-hydrogen) atoms. The molecule has 3 aromatic carbocycles. The van der Waals surface area contributed by atoms with E-state index < -0.39 is 23.4 Å². The van der Waals surface area contributed by atoms with Crippen molar-refractivity contribution >= 4 is 23.1 Å². The molecule has 0 spiro atoms. The Bertz CT molecular complexity index is 1820. The van der Waals surface area contributed by atoms with Gasteiger partial charge in [0.05, 0.1) is 36.9 Å². The first-order valence-electron chi connectivity index (χ1n) is 13.3. The highest BCUT2D eigenvalue weighted by molar-refractivity contribution is 6.02. The van der Waals surface area contributed by atoms with Gasteiger partial charge in [0.15, 0.2) is 5.82 Å². The number of fused-ring (bicyclic) bond motifs is 1. The summed E-state index contributed by atoms with van der Waals surface area (Å²) in [6.07, 6.45) is -0.877. The summed E-state index contributed by atoms with van der Waals surface area (Å²) in [7, 11) is 1.34. The number of methoxy groups -OCH3 is 1. The zero-order valence-corrected chi connectivity index (χ0v) is 23.9. The number of para-hydroxylation sites is 1. The first-order valence-corrected chi connectivity index (χ1v) is 13.3. The molecule has 0 aliphatic rings. The Balaban J connectivity index is 1.52. The molecule has 0 amide bonds. The number of hydrogen-bond donors (Lipinski definition) is 0. The summed E-state index contributed by atoms with van der Waals surface area (Å²) >= 11 is 0. The number of hydrogen-bond acceptors (Lipinski definition) is 9. The van der Waals surface area contributed by atoms with E-state index in [2.05, 4.69) is 10.1 Å². The zero-order chi connectivity index (χ0) is 30.0. The Hall–Kier alpha value is -5.19. The number of rotatable bonds is 7. The number of nitrogens with zero attached hydrogens (tertiary/aromatic N) is 4. The number of imidazole rings is 1. The molecule has 0 saturated carbocycles. The quantitative estimate of drug-likeness (QED) is 0.232. The van der Waals surface area contributed by atoms with E-state index in [-0.39, 0.29) is 5.82 Å². The lowest BCUT2D eigenvalue weighted by atomic mass is 9.98. The maximum atomic E-state index is 12.8. The van der Waals surface area contributed by atoms with E-state index in [1.165, 1.54) is 7.11 Å². The Morgan fingerprint density at radius 1 is 0.952 bits per heavy atom. The monoisotopic (exact) mass is 570 g/mol. The maximum absolute atomic E-state index is 12.8. The lowest BCUT2D eigenvalue weighted by molar-refractivity contribution is 0.0526. The molecule has 2 aromatic heterocycles. The molecule has 0 fully saturated rings. The summed E-state index contributed by atoms with van der Waals surface area (Å²) in [5.74, 6) is -1.36. The molecule has 11 heteroatoms. The van der Waals surface area contributed by atoms with Crippen LogP contribution in [0.5, 0.6) is 6.01 Å². The second-order valence-corrected chi connectivity index (χ2v) is 10.4. The third-order valence-electron chi connectivity index (χ3n) is 6.36. The first kappa shape index (κ1) is 28.3. The number of carbonyl (C=O) groups is 2. The van der Waals surface area contributed by atoms with Crippen LogP contribution in [0.4, 0.5) is 4.79 Å². The van der Waals surface area contributed by atoms with Gasteiger partial charge < -0.3 is 14.2 Å². The van der Waals surface area contributed by atoms with E-state index in [1.54, 1.807) is 45.0 Å². The van der Waals surface area contributed by atoms with Crippen molar-refractivity contribution in [3.8, 4) is 28.5 Å². The molecule has 0 radical (unpaired) electrons. The number of aromatic nitrogens is 4. The summed E-state index contributed by atoms with van der Waals surface area (Å²) in [5.41, 5.74) is 3.79. The average molecular weight is 571 g/mol. The third kappa shape index (κ3) is 5.53. The SMILES string of the molecule is CCOc1nc2cccc(C(=O)OC)c2n1Cc1ccc(-c2ccccc2-c2noc(=O)n2C(=O)OC(C)(C)C)cc1. The topological polar surface area (TPSA) is 128 Å². The Labute approximate surface area is 241 Å². The smallest absolute Gasteiger partial charge is 0.451 e. The molecule has 0 N–H and O–H groups in total. The van der Waals surface area contributed by atoms with Gasteiger partial charge in [-0.05, 0) is 56.5 Å². The van der Waals surface area contributed by atoms with Crippen molar-refractivity contribution in [2.24, 2.45) is 0 Å². The fourth-order valence-corrected chi connectivity index (χ4v) is 4.62. The molecule has 11 nitrogen and oxygen atoms in total. The summed E-state index contributed by atoms with van der Waals surface area (Å²) in [6, 6.07) is 20.6. The molecule has 0 aliphatic heterocycles. The van der Waals surface area contributed by atoms with Crippen LogP contribution in [0.1, 0.15) is 43.6 Å². The van der Waals surface area contributed by atoms with Gasteiger partial charge in [0.2, 0.25) is 0 Å². The van der Waals surface area contributed by atoms with Crippen LogP contribution < -0.4 is 10.5 Å². The van der Waals surface area contributed by atoms with Crippen LogP contribution in [0.15, 0.2) is 76.0 Å². The largest absolute Gasteiger partial charge is 0.465 e. The summed E-state index contributed by atoms with van der Waals surface area (Å²) < 4.78 is 23.7. The Kier molecular flexibility index (Phi) is 7.66. The molecule has 2 heterocycles. The minimum absolute atomic E-state index is 0.0375. The second-order valence-electron chi connectivity index (χ2n) is 10.4. The molecule has 0 aliphatic carbocycles. The molecular weight excluding hydrogens is 540 g/mol. The van der Waals surface area contributed by atoms with Crippen molar-refractivity contribution in [2.45, 2.75) is 39.8 Å². The summed E-state index contributed by atoms with van der Waals surface area (Å²) in [4.78, 5) is 42.4. The van der Waals surface area contributed by atoms with Gasteiger partial charge in [0.1, 0.15) is 5.60 Å². The van der Waals surface area contributed by atoms with Gasteiger partial charge in [0, 0.05) is 5.56 Å². The van der Waals surface area contributed by atoms with Crippen molar-refractivity contribution in [3.05, 3.63) is 88.4 Å². The second kappa shape index (κ2) is 11.4. The first-order chi connectivity index (χ1) is 20.1. The molecule has 5 aromatic rings. The van der Waals surface area contributed by atoms with Gasteiger partial charge in [-0.3, -0.25) is 9.09 Å². The lowest BCUT2D eigenvalue weighted by Crippen LogP contribution is -2.32. The molecule has 0 unspecified atom stereocenters. The van der Waals surface area contributed by atoms with Crippen LogP contribution in [0, 0.1) is 0 Å². The molecule has 0 bridgehead atoms. The van der Waals surface area contributed by atoms with Crippen LogP contribution in [-0.2, 0) is 16.0 Å². The van der Waals surface area contributed by atoms with E-state index in [0.717, 1.165) is 21.3 Å². The molecule has 0 atom stereocenters. The standard InChI is InChI=1S/C31H30N4O7/c1-6-40-28-32-24-13-9-12-23(27(36)39-5)25(24)34(28)18-19-14-16-20(17-15-19)21-10-7-8-11-22(21)26-33-42-30(38)35(26)29(37)41-31(2,3)4/h7-17H,6,18H2,1-5H3. The van der Waals surface area contributed by atoms with Crippen molar-refractivity contribution < 1.29 is 28.3 Å². The minimum Gasteiger partial charge on any atom is -0.465 e. The molecule has 0 saturated heterocycles. The van der Waals surface area contributed by atoms with Crippen molar-refractivity contribution in [1.29, 1.82) is 0 Å². The van der Waals surface area contributed by atoms with Crippen LogP contribution in [0.3, 0.4) is 0 Å². The van der Waals surface area contributed by atoms with Crippen LogP contribution in [-0.4, -0.2) is 50.7 Å². The highest BCUT2D eigenvalue weighted by Crippen LogP contribution is 2.32. The predicted octanol–water partition coefficient (Wildman–Crippen LogP) is 5.54. The Morgan fingerprint density at radius 3 is 2.33 bits per heavy atom. The van der Waals surface area contributed by atoms with Gasteiger partial charge in [-0.15, -0.1) is 0 Å².